The SMILES string of the molecule is O=c1c2oc3ccc(Br)cc3c2nc2n1CN1CCC[C@H]21. The summed E-state index contributed by atoms with van der Waals surface area (Å²) in [5, 5.41) is 0.899. The molecule has 2 aromatic heterocycles. The average Bonchev–Trinajstić information content (AvgIpc) is 3.13. The van der Waals surface area contributed by atoms with Crippen LogP contribution in [0.2, 0.25) is 0 Å². The zero-order valence-corrected chi connectivity index (χ0v) is 12.8. The third-order valence-electron chi connectivity index (χ3n) is 4.55. The molecule has 4 heterocycles. The smallest absolute Gasteiger partial charge is 0.298 e. The van der Waals surface area contributed by atoms with E-state index in [9.17, 15) is 4.79 Å². The second-order valence-electron chi connectivity index (χ2n) is 5.74. The number of nitrogens with zero attached hydrogens (tertiary/aromatic N) is 3. The van der Waals surface area contributed by atoms with E-state index in [1.165, 1.54) is 6.42 Å². The summed E-state index contributed by atoms with van der Waals surface area (Å²) in [4.78, 5) is 19.8. The van der Waals surface area contributed by atoms with E-state index < -0.39 is 0 Å². The highest BCUT2D eigenvalue weighted by Crippen LogP contribution is 2.37. The third kappa shape index (κ3) is 1.49. The Bertz CT molecular complexity index is 959. The van der Waals surface area contributed by atoms with Crippen molar-refractivity contribution in [3.63, 3.8) is 0 Å². The lowest BCUT2D eigenvalue weighted by molar-refractivity contribution is 0.255. The van der Waals surface area contributed by atoms with Gasteiger partial charge in [-0.15, -0.1) is 0 Å². The lowest BCUT2D eigenvalue weighted by Gasteiger charge is -2.10. The Morgan fingerprint density at radius 2 is 2.29 bits per heavy atom. The maximum Gasteiger partial charge on any atom is 0.298 e. The van der Waals surface area contributed by atoms with E-state index in [-0.39, 0.29) is 5.56 Å². The number of hydrogen-bond donors (Lipinski definition) is 0. The van der Waals surface area contributed by atoms with Gasteiger partial charge in [-0.2, -0.15) is 0 Å². The van der Waals surface area contributed by atoms with Crippen LogP contribution in [-0.4, -0.2) is 21.0 Å². The first-order valence-corrected chi connectivity index (χ1v) is 7.88. The molecule has 21 heavy (non-hydrogen) atoms. The van der Waals surface area contributed by atoms with Gasteiger partial charge in [-0.3, -0.25) is 14.3 Å². The van der Waals surface area contributed by atoms with Crippen LogP contribution in [0.15, 0.2) is 31.9 Å². The lowest BCUT2D eigenvalue weighted by Crippen LogP contribution is -2.23. The van der Waals surface area contributed by atoms with Gasteiger partial charge >= 0.3 is 0 Å². The second kappa shape index (κ2) is 3.96. The highest BCUT2D eigenvalue weighted by Gasteiger charge is 2.37. The molecule has 0 spiro atoms. The van der Waals surface area contributed by atoms with Crippen molar-refractivity contribution >= 4 is 38.0 Å². The van der Waals surface area contributed by atoms with Crippen LogP contribution in [-0.2, 0) is 6.67 Å². The van der Waals surface area contributed by atoms with Crippen molar-refractivity contribution in [3.05, 3.63) is 38.9 Å². The Kier molecular flexibility index (Phi) is 2.25. The van der Waals surface area contributed by atoms with E-state index in [0.717, 1.165) is 28.6 Å². The lowest BCUT2D eigenvalue weighted by atomic mass is 10.2. The van der Waals surface area contributed by atoms with E-state index in [4.69, 9.17) is 9.40 Å². The molecule has 2 aliphatic heterocycles. The summed E-state index contributed by atoms with van der Waals surface area (Å²) in [5.41, 5.74) is 1.71. The summed E-state index contributed by atoms with van der Waals surface area (Å²) in [5.74, 6) is 0.896. The predicted octanol–water partition coefficient (Wildman–Crippen LogP) is 3.01. The molecule has 3 aromatic rings. The highest BCUT2D eigenvalue weighted by atomic mass is 79.9. The number of halogens is 1. The summed E-state index contributed by atoms with van der Waals surface area (Å²) in [6, 6.07) is 6.04. The van der Waals surface area contributed by atoms with Crippen molar-refractivity contribution in [2.75, 3.05) is 6.54 Å². The van der Waals surface area contributed by atoms with Gasteiger partial charge in [-0.25, -0.2) is 4.98 Å². The monoisotopic (exact) mass is 345 g/mol. The molecule has 1 saturated heterocycles. The van der Waals surface area contributed by atoms with Crippen LogP contribution in [0.1, 0.15) is 24.7 Å². The average molecular weight is 346 g/mol. The Labute approximate surface area is 128 Å². The van der Waals surface area contributed by atoms with E-state index in [2.05, 4.69) is 20.8 Å². The number of fused-ring (bicyclic) bond motifs is 6. The number of benzene rings is 1. The molecule has 2 aliphatic rings. The summed E-state index contributed by atoms with van der Waals surface area (Å²) < 4.78 is 8.48. The number of furan rings is 1. The molecule has 1 fully saturated rings. The third-order valence-corrected chi connectivity index (χ3v) is 5.04. The van der Waals surface area contributed by atoms with E-state index in [1.807, 2.05) is 18.2 Å². The first-order chi connectivity index (χ1) is 10.2. The molecular weight excluding hydrogens is 334 g/mol. The minimum Gasteiger partial charge on any atom is -0.448 e. The first-order valence-electron chi connectivity index (χ1n) is 7.09. The van der Waals surface area contributed by atoms with Crippen LogP contribution in [0.25, 0.3) is 22.1 Å². The molecular formula is C15H12BrN3O2. The van der Waals surface area contributed by atoms with Crippen molar-refractivity contribution in [3.8, 4) is 0 Å². The molecule has 1 aromatic carbocycles. The standard InChI is InChI=1S/C15H12BrN3O2/c16-8-3-4-11-9(6-8)12-13(21-11)15(20)19-7-18-5-1-2-10(18)14(19)17-12/h3-4,6,10H,1-2,5,7H2/t10-/m1/s1. The normalized spacial score (nSPS) is 21.3. The molecule has 0 bridgehead atoms. The van der Waals surface area contributed by atoms with Crippen LogP contribution in [0, 0.1) is 0 Å². The van der Waals surface area contributed by atoms with Gasteiger partial charge in [0, 0.05) is 16.4 Å². The number of rotatable bonds is 0. The second-order valence-corrected chi connectivity index (χ2v) is 6.65. The van der Waals surface area contributed by atoms with Crippen LogP contribution >= 0.6 is 15.9 Å². The molecule has 6 heteroatoms. The van der Waals surface area contributed by atoms with Gasteiger partial charge in [-0.1, -0.05) is 15.9 Å². The topological polar surface area (TPSA) is 51.3 Å². The Morgan fingerprint density at radius 1 is 1.38 bits per heavy atom. The number of hydrogen-bond acceptors (Lipinski definition) is 4. The van der Waals surface area contributed by atoms with Crippen molar-refractivity contribution in [1.29, 1.82) is 0 Å². The first kappa shape index (κ1) is 11.9. The van der Waals surface area contributed by atoms with Crippen LogP contribution in [0.4, 0.5) is 0 Å². The van der Waals surface area contributed by atoms with Gasteiger partial charge in [0.15, 0.2) is 0 Å². The molecule has 5 nitrogen and oxygen atoms in total. The van der Waals surface area contributed by atoms with Crippen molar-refractivity contribution < 1.29 is 4.42 Å². The fourth-order valence-corrected chi connectivity index (χ4v) is 3.94. The molecule has 106 valence electrons. The van der Waals surface area contributed by atoms with Gasteiger partial charge < -0.3 is 4.42 Å². The highest BCUT2D eigenvalue weighted by molar-refractivity contribution is 9.10. The van der Waals surface area contributed by atoms with Crippen molar-refractivity contribution in [2.24, 2.45) is 0 Å². The van der Waals surface area contributed by atoms with Crippen LogP contribution < -0.4 is 5.56 Å². The minimum absolute atomic E-state index is 0.0586. The number of aromatic nitrogens is 2. The summed E-state index contributed by atoms with van der Waals surface area (Å²) in [7, 11) is 0. The minimum atomic E-state index is -0.0586. The zero-order chi connectivity index (χ0) is 14.1. The Morgan fingerprint density at radius 3 is 3.19 bits per heavy atom. The molecule has 0 unspecified atom stereocenters. The summed E-state index contributed by atoms with van der Waals surface area (Å²) >= 11 is 3.47. The van der Waals surface area contributed by atoms with Gasteiger partial charge in [-0.05, 0) is 31.0 Å². The molecule has 5 rings (SSSR count). The van der Waals surface area contributed by atoms with E-state index >= 15 is 0 Å². The van der Waals surface area contributed by atoms with Crippen LogP contribution in [0.5, 0.6) is 0 Å². The largest absolute Gasteiger partial charge is 0.448 e. The van der Waals surface area contributed by atoms with Crippen molar-refractivity contribution in [2.45, 2.75) is 25.6 Å². The quantitative estimate of drug-likeness (QED) is 0.628. The van der Waals surface area contributed by atoms with Gasteiger partial charge in [0.05, 0.1) is 12.7 Å². The van der Waals surface area contributed by atoms with E-state index in [0.29, 0.717) is 29.4 Å². The Hall–Kier alpha value is -1.66. The van der Waals surface area contributed by atoms with Crippen molar-refractivity contribution in [1.82, 2.24) is 14.5 Å². The van der Waals surface area contributed by atoms with Gasteiger partial charge in [0.25, 0.3) is 5.56 Å². The van der Waals surface area contributed by atoms with Gasteiger partial charge in [0.2, 0.25) is 5.58 Å². The molecule has 0 N–H and O–H groups in total. The Balaban J connectivity index is 1.90. The fourth-order valence-electron chi connectivity index (χ4n) is 3.57. The molecule has 0 amide bonds. The zero-order valence-electron chi connectivity index (χ0n) is 11.2. The molecule has 1 atom stereocenters. The summed E-state index contributed by atoms with van der Waals surface area (Å²) in [6.07, 6.45) is 2.26. The molecule has 0 aliphatic carbocycles. The maximum atomic E-state index is 12.7. The van der Waals surface area contributed by atoms with E-state index in [1.54, 1.807) is 4.57 Å². The summed E-state index contributed by atoms with van der Waals surface area (Å²) in [6.45, 7) is 1.68. The fraction of sp³-hybridized carbons (Fsp3) is 0.333. The van der Waals surface area contributed by atoms with Crippen LogP contribution in [0.3, 0.4) is 0 Å². The molecule has 0 radical (unpaired) electrons. The van der Waals surface area contributed by atoms with Gasteiger partial charge in [0.1, 0.15) is 16.9 Å². The predicted molar refractivity (Wildman–Crippen MR) is 82.2 cm³/mol. The maximum absolute atomic E-state index is 12.7. The molecule has 0 saturated carbocycles.